The molecule has 0 radical (unpaired) electrons. The predicted molar refractivity (Wildman–Crippen MR) is 153 cm³/mol. The third-order valence-corrected chi connectivity index (χ3v) is 8.79. The number of piperidine rings is 1. The van der Waals surface area contributed by atoms with Crippen LogP contribution >= 0.6 is 11.3 Å². The maximum absolute atomic E-state index is 12.9. The van der Waals surface area contributed by atoms with Crippen LogP contribution in [0.5, 0.6) is 0 Å². The number of likely N-dealkylation sites (tertiary alicyclic amines) is 1. The Bertz CT molecular complexity index is 1750. The van der Waals surface area contributed by atoms with E-state index >= 15 is 0 Å². The highest BCUT2D eigenvalue weighted by atomic mass is 32.1. The molecule has 212 valence electrons. The van der Waals surface area contributed by atoms with Gasteiger partial charge in [-0.3, -0.25) is 10.00 Å². The highest BCUT2D eigenvalue weighted by Crippen LogP contribution is 2.33. The lowest BCUT2D eigenvalue weighted by Crippen LogP contribution is -2.39. The van der Waals surface area contributed by atoms with Crippen LogP contribution in [0.25, 0.3) is 21.1 Å². The monoisotopic (exact) mass is 578 g/mol. The molecule has 2 N–H and O–H groups in total. The van der Waals surface area contributed by atoms with Gasteiger partial charge in [0.25, 0.3) is 0 Å². The number of nitrogens with one attached hydrogen (secondary N) is 2. The molecule has 41 heavy (non-hydrogen) atoms. The minimum absolute atomic E-state index is 0.178. The third-order valence-electron chi connectivity index (χ3n) is 7.75. The van der Waals surface area contributed by atoms with E-state index in [1.807, 2.05) is 23.6 Å². The van der Waals surface area contributed by atoms with Gasteiger partial charge < -0.3 is 9.88 Å². The highest BCUT2D eigenvalue weighted by Gasteiger charge is 2.29. The molecule has 0 spiro atoms. The summed E-state index contributed by atoms with van der Waals surface area (Å²) in [5, 5.41) is 22.2. The Hall–Kier alpha value is -3.95. The number of hydrogen-bond donors (Lipinski definition) is 2. The van der Waals surface area contributed by atoms with Crippen molar-refractivity contribution in [2.75, 3.05) is 18.4 Å². The maximum atomic E-state index is 12.9. The molecule has 1 fully saturated rings. The van der Waals surface area contributed by atoms with E-state index in [2.05, 4.69) is 55.5 Å². The fourth-order valence-electron chi connectivity index (χ4n) is 5.66. The first kappa shape index (κ1) is 27.2. The average Bonchev–Trinajstić information content (AvgIpc) is 3.63. The van der Waals surface area contributed by atoms with Crippen LogP contribution in [0.1, 0.15) is 45.9 Å². The number of aromatic nitrogens is 5. The minimum atomic E-state index is -4.25. The van der Waals surface area contributed by atoms with Gasteiger partial charge in [-0.25, -0.2) is 9.97 Å². The van der Waals surface area contributed by atoms with Crippen LogP contribution in [-0.4, -0.2) is 54.9 Å². The molecule has 0 amide bonds. The fraction of sp³-hybridized carbons (Fsp3) is 0.379. The van der Waals surface area contributed by atoms with E-state index in [1.54, 1.807) is 6.07 Å². The minimum Gasteiger partial charge on any atom is -0.367 e. The smallest absolute Gasteiger partial charge is 0.367 e. The van der Waals surface area contributed by atoms with Crippen LogP contribution in [0.3, 0.4) is 0 Å². The van der Waals surface area contributed by atoms with E-state index in [9.17, 15) is 18.4 Å². The van der Waals surface area contributed by atoms with Crippen molar-refractivity contribution >= 4 is 38.3 Å². The summed E-state index contributed by atoms with van der Waals surface area (Å²) in [7, 11) is 0. The van der Waals surface area contributed by atoms with Crippen molar-refractivity contribution < 1.29 is 13.2 Å². The number of nitriles is 1. The number of anilines is 1. The van der Waals surface area contributed by atoms with Crippen LogP contribution in [-0.2, 0) is 19.5 Å². The summed E-state index contributed by atoms with van der Waals surface area (Å²) in [6, 6.07) is 12.3. The zero-order chi connectivity index (χ0) is 28.7. The Morgan fingerprint density at radius 2 is 1.90 bits per heavy atom. The van der Waals surface area contributed by atoms with Gasteiger partial charge >= 0.3 is 6.18 Å². The van der Waals surface area contributed by atoms with Crippen molar-refractivity contribution in [2.24, 2.45) is 0 Å². The number of H-pyrrole nitrogens is 1. The van der Waals surface area contributed by atoms with Crippen molar-refractivity contribution in [1.29, 1.82) is 5.26 Å². The molecule has 0 saturated carbocycles. The Labute approximate surface area is 238 Å². The van der Waals surface area contributed by atoms with Gasteiger partial charge in [0.05, 0.1) is 29.7 Å². The van der Waals surface area contributed by atoms with Crippen LogP contribution < -0.4 is 5.32 Å². The molecule has 12 heteroatoms. The number of nitrogens with zero attached hydrogens (tertiary/aromatic N) is 6. The standard InChI is InChI=1S/C29H29F3N8S/c1-17-9-21(38-37-17)15-40-22(13-33)10-24-18(2)19(3-4-26(24)40)14-39-7-5-20(6-8-39)36-27-25-11-23(12-29(30,31)32)41-28(25)35-16-34-27/h3-4,9-11,16,20H,5-8,12,14-15H2,1-2H3,(H,37,38)(H,34,35,36). The lowest BCUT2D eigenvalue weighted by Gasteiger charge is -2.33. The van der Waals surface area contributed by atoms with Crippen molar-refractivity contribution in [2.45, 2.75) is 58.4 Å². The molecular formula is C29H29F3N8S. The quantitative estimate of drug-likeness (QED) is 0.243. The van der Waals surface area contributed by atoms with Gasteiger partial charge in [-0.1, -0.05) is 6.07 Å². The summed E-state index contributed by atoms with van der Waals surface area (Å²) >= 11 is 1.07. The summed E-state index contributed by atoms with van der Waals surface area (Å²) in [5.74, 6) is 0.600. The van der Waals surface area contributed by atoms with Crippen molar-refractivity contribution in [3.05, 3.63) is 69.7 Å². The zero-order valence-electron chi connectivity index (χ0n) is 22.7. The zero-order valence-corrected chi connectivity index (χ0v) is 23.5. The van der Waals surface area contributed by atoms with E-state index in [4.69, 9.17) is 0 Å². The van der Waals surface area contributed by atoms with E-state index in [0.29, 0.717) is 28.3 Å². The molecule has 6 rings (SSSR count). The normalized spacial score (nSPS) is 15.1. The molecule has 1 aliphatic heterocycles. The molecule has 1 aromatic carbocycles. The van der Waals surface area contributed by atoms with Gasteiger partial charge in [0.15, 0.2) is 0 Å². The number of halogens is 3. The third kappa shape index (κ3) is 5.78. The Morgan fingerprint density at radius 1 is 1.10 bits per heavy atom. The van der Waals surface area contributed by atoms with Crippen molar-refractivity contribution in [1.82, 2.24) is 29.6 Å². The number of benzene rings is 1. The summed E-state index contributed by atoms with van der Waals surface area (Å²) in [5.41, 5.74) is 5.93. The lowest BCUT2D eigenvalue weighted by atomic mass is 10.0. The topological polar surface area (TPSA) is 98.5 Å². The maximum Gasteiger partial charge on any atom is 0.393 e. The Balaban J connectivity index is 1.12. The second-order valence-corrected chi connectivity index (χ2v) is 11.8. The first-order valence-corrected chi connectivity index (χ1v) is 14.3. The van der Waals surface area contributed by atoms with Crippen LogP contribution in [0.15, 0.2) is 36.7 Å². The molecule has 0 unspecified atom stereocenters. The summed E-state index contributed by atoms with van der Waals surface area (Å²) in [6.07, 6.45) is -2.01. The van der Waals surface area contributed by atoms with E-state index < -0.39 is 12.6 Å². The Morgan fingerprint density at radius 3 is 2.61 bits per heavy atom. The van der Waals surface area contributed by atoms with Gasteiger partial charge in [0, 0.05) is 41.5 Å². The molecular weight excluding hydrogens is 549 g/mol. The van der Waals surface area contributed by atoms with Crippen molar-refractivity contribution in [3.63, 3.8) is 0 Å². The lowest BCUT2D eigenvalue weighted by molar-refractivity contribution is -0.126. The highest BCUT2D eigenvalue weighted by molar-refractivity contribution is 7.18. The molecule has 0 bridgehead atoms. The molecule has 0 aliphatic carbocycles. The molecule has 5 heterocycles. The van der Waals surface area contributed by atoms with Crippen LogP contribution in [0, 0.1) is 25.2 Å². The van der Waals surface area contributed by atoms with Gasteiger partial charge in [-0.2, -0.15) is 23.5 Å². The first-order chi connectivity index (χ1) is 19.7. The summed E-state index contributed by atoms with van der Waals surface area (Å²) in [4.78, 5) is 11.7. The number of alkyl halides is 3. The molecule has 1 aliphatic rings. The van der Waals surface area contributed by atoms with Crippen LogP contribution in [0.4, 0.5) is 19.0 Å². The molecule has 4 aromatic heterocycles. The molecule has 1 saturated heterocycles. The van der Waals surface area contributed by atoms with Gasteiger partial charge in [-0.05, 0) is 62.1 Å². The average molecular weight is 579 g/mol. The van der Waals surface area contributed by atoms with E-state index in [0.717, 1.165) is 66.1 Å². The number of thiophene rings is 1. The number of fused-ring (bicyclic) bond motifs is 2. The van der Waals surface area contributed by atoms with Gasteiger partial charge in [0.2, 0.25) is 0 Å². The largest absolute Gasteiger partial charge is 0.393 e. The SMILES string of the molecule is Cc1cc(Cn2c(C#N)cc3c(C)c(CN4CCC(Nc5ncnc6sc(CC(F)(F)F)cc56)CC4)ccc32)[nH]n1. The summed E-state index contributed by atoms with van der Waals surface area (Å²) in [6.45, 7) is 7.19. The predicted octanol–water partition coefficient (Wildman–Crippen LogP) is 6.09. The summed E-state index contributed by atoms with van der Waals surface area (Å²) < 4.78 is 40.7. The molecule has 0 atom stereocenters. The second kappa shape index (κ2) is 10.8. The number of aryl methyl sites for hydroxylation is 2. The first-order valence-electron chi connectivity index (χ1n) is 13.5. The van der Waals surface area contributed by atoms with Crippen LogP contribution in [0.2, 0.25) is 0 Å². The molecule has 5 aromatic rings. The Kier molecular flexibility index (Phi) is 7.17. The number of hydrogen-bond acceptors (Lipinski definition) is 7. The molecule has 8 nitrogen and oxygen atoms in total. The van der Waals surface area contributed by atoms with E-state index in [-0.39, 0.29) is 10.9 Å². The second-order valence-electron chi connectivity index (χ2n) is 10.7. The van der Waals surface area contributed by atoms with Crippen molar-refractivity contribution in [3.8, 4) is 6.07 Å². The number of aromatic amines is 1. The number of rotatable bonds is 7. The van der Waals surface area contributed by atoms with E-state index in [1.165, 1.54) is 17.5 Å². The van der Waals surface area contributed by atoms with Gasteiger partial charge in [-0.15, -0.1) is 11.3 Å². The fourth-order valence-corrected chi connectivity index (χ4v) is 6.68. The van der Waals surface area contributed by atoms with Gasteiger partial charge in [0.1, 0.15) is 28.7 Å².